The highest BCUT2D eigenvalue weighted by Crippen LogP contribution is 2.24. The van der Waals surface area contributed by atoms with Crippen LogP contribution >= 0.6 is 0 Å². The van der Waals surface area contributed by atoms with Gasteiger partial charge < -0.3 is 15.0 Å². The van der Waals surface area contributed by atoms with E-state index in [0.717, 1.165) is 26.1 Å². The topological polar surface area (TPSA) is 41.6 Å². The van der Waals surface area contributed by atoms with E-state index in [0.29, 0.717) is 17.9 Å². The molecule has 116 valence electrons. The predicted molar refractivity (Wildman–Crippen MR) is 84.0 cm³/mol. The van der Waals surface area contributed by atoms with Crippen LogP contribution in [0.1, 0.15) is 25.8 Å². The minimum atomic E-state index is -0.216. The van der Waals surface area contributed by atoms with E-state index < -0.39 is 0 Å². The molecule has 1 saturated heterocycles. The van der Waals surface area contributed by atoms with Gasteiger partial charge in [0.2, 0.25) is 0 Å². The van der Waals surface area contributed by atoms with Crippen LogP contribution in [0, 0.1) is 11.8 Å². The van der Waals surface area contributed by atoms with Crippen molar-refractivity contribution < 1.29 is 9.53 Å². The lowest BCUT2D eigenvalue weighted by molar-refractivity contribution is 0.0807. The first-order chi connectivity index (χ1) is 10.1. The van der Waals surface area contributed by atoms with E-state index in [1.54, 1.807) is 0 Å². The van der Waals surface area contributed by atoms with Gasteiger partial charge in [0.25, 0.3) is 0 Å². The number of likely N-dealkylation sites (tertiary alicyclic amines) is 1. The van der Waals surface area contributed by atoms with Crippen LogP contribution in [0.15, 0.2) is 30.3 Å². The normalized spacial score (nSPS) is 22.4. The zero-order valence-electron chi connectivity index (χ0n) is 13.2. The summed E-state index contributed by atoms with van der Waals surface area (Å²) in [5.41, 5.74) is 1.27. The monoisotopic (exact) mass is 290 g/mol. The molecule has 0 saturated carbocycles. The predicted octanol–water partition coefficient (Wildman–Crippen LogP) is 2.89. The van der Waals surface area contributed by atoms with E-state index in [9.17, 15) is 4.79 Å². The standard InChI is InChI=1S/C17H26N2O2/c1-13(2)15-9-16(12-19(11-15)17(20)21-3)18-10-14-7-5-4-6-8-14/h4-8,13,15-16,18H,9-12H2,1-3H3. The lowest BCUT2D eigenvalue weighted by atomic mass is 9.85. The fourth-order valence-corrected chi connectivity index (χ4v) is 2.91. The smallest absolute Gasteiger partial charge is 0.409 e. The van der Waals surface area contributed by atoms with Crippen molar-refractivity contribution in [3.05, 3.63) is 35.9 Å². The van der Waals surface area contributed by atoms with Crippen molar-refractivity contribution in [1.82, 2.24) is 10.2 Å². The third-order valence-corrected chi connectivity index (χ3v) is 4.30. The number of rotatable bonds is 4. The SMILES string of the molecule is COC(=O)N1CC(NCc2ccccc2)CC(C(C)C)C1. The Bertz CT molecular complexity index is 447. The van der Waals surface area contributed by atoms with E-state index in [4.69, 9.17) is 4.74 Å². The summed E-state index contributed by atoms with van der Waals surface area (Å²) in [6.45, 7) is 6.81. The van der Waals surface area contributed by atoms with Crippen LogP contribution in [0.3, 0.4) is 0 Å². The van der Waals surface area contributed by atoms with Gasteiger partial charge in [0.1, 0.15) is 0 Å². The number of amides is 1. The van der Waals surface area contributed by atoms with E-state index in [1.807, 2.05) is 11.0 Å². The molecule has 2 atom stereocenters. The Kier molecular flexibility index (Phi) is 5.62. The number of carbonyl (C=O) groups is 1. The first-order valence-electron chi connectivity index (χ1n) is 7.70. The summed E-state index contributed by atoms with van der Waals surface area (Å²) >= 11 is 0. The molecule has 0 spiro atoms. The highest BCUT2D eigenvalue weighted by Gasteiger charge is 2.31. The molecule has 1 aliphatic heterocycles. The Morgan fingerprint density at radius 1 is 1.33 bits per heavy atom. The van der Waals surface area contributed by atoms with Gasteiger partial charge in [-0.15, -0.1) is 0 Å². The molecule has 0 aromatic heterocycles. The maximum absolute atomic E-state index is 11.8. The number of hydrogen-bond acceptors (Lipinski definition) is 3. The lowest BCUT2D eigenvalue weighted by Crippen LogP contribution is -2.52. The van der Waals surface area contributed by atoms with Crippen LogP contribution in [0.4, 0.5) is 4.79 Å². The van der Waals surface area contributed by atoms with E-state index in [-0.39, 0.29) is 6.09 Å². The Labute approximate surface area is 127 Å². The number of carbonyl (C=O) groups excluding carboxylic acids is 1. The average molecular weight is 290 g/mol. The molecule has 1 heterocycles. The summed E-state index contributed by atoms with van der Waals surface area (Å²) in [6.07, 6.45) is 0.893. The van der Waals surface area contributed by atoms with E-state index in [2.05, 4.69) is 43.4 Å². The van der Waals surface area contributed by atoms with Crippen LogP contribution in [-0.2, 0) is 11.3 Å². The highest BCUT2D eigenvalue weighted by molar-refractivity contribution is 5.67. The Morgan fingerprint density at radius 3 is 2.67 bits per heavy atom. The Hall–Kier alpha value is -1.55. The molecule has 1 aliphatic rings. The summed E-state index contributed by atoms with van der Waals surface area (Å²) in [4.78, 5) is 13.7. The maximum atomic E-state index is 11.8. The molecule has 4 nitrogen and oxygen atoms in total. The van der Waals surface area contributed by atoms with Crippen molar-refractivity contribution in [1.29, 1.82) is 0 Å². The molecule has 1 amide bonds. The third-order valence-electron chi connectivity index (χ3n) is 4.30. The quantitative estimate of drug-likeness (QED) is 0.927. The molecule has 2 unspecified atom stereocenters. The first kappa shape index (κ1) is 15.8. The maximum Gasteiger partial charge on any atom is 0.409 e. The molecule has 21 heavy (non-hydrogen) atoms. The second kappa shape index (κ2) is 7.46. The molecule has 1 fully saturated rings. The molecule has 0 bridgehead atoms. The van der Waals surface area contributed by atoms with E-state index >= 15 is 0 Å². The molecule has 1 aromatic carbocycles. The minimum Gasteiger partial charge on any atom is -0.453 e. The van der Waals surface area contributed by atoms with Crippen molar-refractivity contribution in [2.24, 2.45) is 11.8 Å². The van der Waals surface area contributed by atoms with Crippen molar-refractivity contribution in [3.8, 4) is 0 Å². The largest absolute Gasteiger partial charge is 0.453 e. The lowest BCUT2D eigenvalue weighted by Gasteiger charge is -2.39. The fourth-order valence-electron chi connectivity index (χ4n) is 2.91. The van der Waals surface area contributed by atoms with Gasteiger partial charge in [-0.1, -0.05) is 44.2 Å². The number of hydrogen-bond donors (Lipinski definition) is 1. The summed E-state index contributed by atoms with van der Waals surface area (Å²) in [7, 11) is 1.45. The number of ether oxygens (including phenoxy) is 1. The second-order valence-electron chi connectivity index (χ2n) is 6.18. The van der Waals surface area contributed by atoms with Gasteiger partial charge in [-0.2, -0.15) is 0 Å². The molecule has 1 N–H and O–H groups in total. The minimum absolute atomic E-state index is 0.216. The summed E-state index contributed by atoms with van der Waals surface area (Å²) in [6, 6.07) is 10.7. The van der Waals surface area contributed by atoms with Crippen LogP contribution in [0.5, 0.6) is 0 Å². The van der Waals surface area contributed by atoms with Crippen molar-refractivity contribution in [3.63, 3.8) is 0 Å². The zero-order valence-corrected chi connectivity index (χ0v) is 13.2. The Balaban J connectivity index is 1.95. The van der Waals surface area contributed by atoms with Gasteiger partial charge in [0, 0.05) is 25.7 Å². The van der Waals surface area contributed by atoms with Gasteiger partial charge in [-0.3, -0.25) is 0 Å². The summed E-state index contributed by atoms with van der Waals surface area (Å²) < 4.78 is 4.89. The Morgan fingerprint density at radius 2 is 2.05 bits per heavy atom. The first-order valence-corrected chi connectivity index (χ1v) is 7.70. The number of methoxy groups -OCH3 is 1. The number of benzene rings is 1. The highest BCUT2D eigenvalue weighted by atomic mass is 16.5. The van der Waals surface area contributed by atoms with Gasteiger partial charge in [-0.25, -0.2) is 4.79 Å². The number of piperidine rings is 1. The molecule has 0 radical (unpaired) electrons. The van der Waals surface area contributed by atoms with Crippen molar-refractivity contribution in [2.45, 2.75) is 32.9 Å². The molecular formula is C17H26N2O2. The second-order valence-corrected chi connectivity index (χ2v) is 6.18. The van der Waals surface area contributed by atoms with Crippen LogP contribution in [-0.4, -0.2) is 37.2 Å². The van der Waals surface area contributed by atoms with Crippen molar-refractivity contribution in [2.75, 3.05) is 20.2 Å². The molecule has 4 heteroatoms. The van der Waals surface area contributed by atoms with Crippen LogP contribution in [0.25, 0.3) is 0 Å². The van der Waals surface area contributed by atoms with Crippen LogP contribution in [0.2, 0.25) is 0 Å². The van der Waals surface area contributed by atoms with E-state index in [1.165, 1.54) is 12.7 Å². The molecule has 0 aliphatic carbocycles. The fraction of sp³-hybridized carbons (Fsp3) is 0.588. The third kappa shape index (κ3) is 4.46. The van der Waals surface area contributed by atoms with Crippen LogP contribution < -0.4 is 5.32 Å². The zero-order chi connectivity index (χ0) is 15.2. The van der Waals surface area contributed by atoms with Gasteiger partial charge in [-0.05, 0) is 23.8 Å². The van der Waals surface area contributed by atoms with Gasteiger partial charge >= 0.3 is 6.09 Å². The molecule has 1 aromatic rings. The summed E-state index contributed by atoms with van der Waals surface area (Å²) in [5, 5.41) is 3.58. The van der Waals surface area contributed by atoms with Crippen molar-refractivity contribution >= 4 is 6.09 Å². The number of nitrogens with one attached hydrogen (secondary N) is 1. The molecular weight excluding hydrogens is 264 g/mol. The average Bonchev–Trinajstić information content (AvgIpc) is 2.52. The van der Waals surface area contributed by atoms with Gasteiger partial charge in [0.05, 0.1) is 7.11 Å². The summed E-state index contributed by atoms with van der Waals surface area (Å²) in [5.74, 6) is 1.09. The molecule has 2 rings (SSSR count). The van der Waals surface area contributed by atoms with Gasteiger partial charge in [0.15, 0.2) is 0 Å². The number of nitrogens with zero attached hydrogens (tertiary/aromatic N) is 1.